The third-order valence-corrected chi connectivity index (χ3v) is 8.08. The van der Waals surface area contributed by atoms with Gasteiger partial charge in [0, 0.05) is 56.7 Å². The van der Waals surface area contributed by atoms with Crippen molar-refractivity contribution in [3.63, 3.8) is 0 Å². The van der Waals surface area contributed by atoms with Crippen molar-refractivity contribution in [1.82, 2.24) is 9.47 Å². The van der Waals surface area contributed by atoms with E-state index < -0.39 is 17.5 Å². The van der Waals surface area contributed by atoms with Gasteiger partial charge in [-0.15, -0.1) is 0 Å². The van der Waals surface area contributed by atoms with Gasteiger partial charge in [-0.1, -0.05) is 42.5 Å². The number of carbonyl (C=O) groups excluding carboxylic acids is 2. The normalized spacial score (nSPS) is 16.4. The summed E-state index contributed by atoms with van der Waals surface area (Å²) in [6, 6.07) is 24.0. The monoisotopic (exact) mass is 570 g/mol. The van der Waals surface area contributed by atoms with Crippen LogP contribution in [-0.4, -0.2) is 68.0 Å². The van der Waals surface area contributed by atoms with E-state index in [9.17, 15) is 9.59 Å². The maximum atomic E-state index is 13.8. The second-order valence-corrected chi connectivity index (χ2v) is 10.6. The van der Waals surface area contributed by atoms with Crippen molar-refractivity contribution < 1.29 is 28.5 Å². The Morgan fingerprint density at radius 1 is 0.905 bits per heavy atom. The summed E-state index contributed by atoms with van der Waals surface area (Å²) in [5.74, 6) is -1.23. The van der Waals surface area contributed by atoms with Gasteiger partial charge < -0.3 is 28.4 Å². The van der Waals surface area contributed by atoms with Crippen LogP contribution in [0, 0.1) is 0 Å². The smallest absolute Gasteiger partial charge is 0.310 e. The van der Waals surface area contributed by atoms with E-state index in [0.717, 1.165) is 34.6 Å². The first-order chi connectivity index (χ1) is 20.4. The molecule has 1 aliphatic heterocycles. The van der Waals surface area contributed by atoms with Gasteiger partial charge in [0.2, 0.25) is 0 Å². The summed E-state index contributed by atoms with van der Waals surface area (Å²) in [6.45, 7) is 3.17. The van der Waals surface area contributed by atoms with E-state index in [4.69, 9.17) is 18.9 Å². The third-order valence-electron chi connectivity index (χ3n) is 8.08. The minimum absolute atomic E-state index is 0.115. The Bertz CT molecular complexity index is 1560. The molecule has 5 rings (SSSR count). The van der Waals surface area contributed by atoms with Gasteiger partial charge in [0.15, 0.2) is 5.78 Å². The average molecular weight is 571 g/mol. The number of benzene rings is 3. The molecule has 3 aromatic carbocycles. The standard InChI is InChI=1S/C34H38N2O6/c1-24(37)34(41-4,42-18-16-25-9-7-11-28(19-25)39-2)33(38)35-17-15-27(22-35)31-23-36(32-14-6-5-13-30(31)32)21-26-10-8-12-29(20-26)40-3/h5-14,19-20,23,27H,15-18,21-22H2,1-4H3. The summed E-state index contributed by atoms with van der Waals surface area (Å²) in [5, 5.41) is 1.17. The average Bonchev–Trinajstić information content (AvgIpc) is 3.65. The quantitative estimate of drug-likeness (QED) is 0.172. The zero-order valence-corrected chi connectivity index (χ0v) is 24.7. The summed E-state index contributed by atoms with van der Waals surface area (Å²) in [5.41, 5.74) is 4.44. The second kappa shape index (κ2) is 12.8. The summed E-state index contributed by atoms with van der Waals surface area (Å²) in [6.07, 6.45) is 3.47. The van der Waals surface area contributed by atoms with Gasteiger partial charge in [0.25, 0.3) is 5.91 Å². The Balaban J connectivity index is 1.33. The molecule has 4 aromatic rings. The molecule has 42 heavy (non-hydrogen) atoms. The molecule has 8 nitrogen and oxygen atoms in total. The lowest BCUT2D eigenvalue weighted by atomic mass is 9.98. The van der Waals surface area contributed by atoms with Crippen LogP contribution in [0.5, 0.6) is 11.5 Å². The first kappa shape index (κ1) is 29.4. The molecular formula is C34H38N2O6. The van der Waals surface area contributed by atoms with Gasteiger partial charge >= 0.3 is 5.79 Å². The molecule has 0 bridgehead atoms. The Kier molecular flexibility index (Phi) is 8.94. The molecule has 0 spiro atoms. The molecule has 0 saturated carbocycles. The van der Waals surface area contributed by atoms with Crippen LogP contribution in [0.25, 0.3) is 10.9 Å². The van der Waals surface area contributed by atoms with E-state index in [1.165, 1.54) is 25.0 Å². The molecule has 2 unspecified atom stereocenters. The van der Waals surface area contributed by atoms with E-state index in [-0.39, 0.29) is 12.5 Å². The lowest BCUT2D eigenvalue weighted by Gasteiger charge is -2.32. The summed E-state index contributed by atoms with van der Waals surface area (Å²) < 4.78 is 24.5. The number of fused-ring (bicyclic) bond motifs is 1. The molecule has 1 aliphatic rings. The Morgan fingerprint density at radius 3 is 2.29 bits per heavy atom. The highest BCUT2D eigenvalue weighted by Gasteiger charge is 2.49. The molecule has 1 saturated heterocycles. The van der Waals surface area contributed by atoms with Crippen molar-refractivity contribution in [2.24, 2.45) is 0 Å². The van der Waals surface area contributed by atoms with Crippen LogP contribution in [0.1, 0.15) is 36.0 Å². The molecule has 0 N–H and O–H groups in total. The number of aromatic nitrogens is 1. The van der Waals surface area contributed by atoms with Crippen molar-refractivity contribution in [2.75, 3.05) is 41.0 Å². The van der Waals surface area contributed by atoms with Crippen molar-refractivity contribution in [1.29, 1.82) is 0 Å². The van der Waals surface area contributed by atoms with Crippen molar-refractivity contribution >= 4 is 22.6 Å². The summed E-state index contributed by atoms with van der Waals surface area (Å²) >= 11 is 0. The number of likely N-dealkylation sites (tertiary alicyclic amines) is 1. The number of ether oxygens (including phenoxy) is 4. The van der Waals surface area contributed by atoms with E-state index >= 15 is 0 Å². The molecule has 1 fully saturated rings. The zero-order chi connectivity index (χ0) is 29.7. The number of Topliss-reactive ketones (excluding diaryl/α,β-unsaturated/α-hetero) is 1. The maximum Gasteiger partial charge on any atom is 0.310 e. The fourth-order valence-electron chi connectivity index (χ4n) is 5.85. The van der Waals surface area contributed by atoms with Gasteiger partial charge in [0.05, 0.1) is 20.8 Å². The molecule has 220 valence electrons. The number of methoxy groups -OCH3 is 3. The first-order valence-electron chi connectivity index (χ1n) is 14.2. The number of ketones is 1. The maximum absolute atomic E-state index is 13.8. The highest BCUT2D eigenvalue weighted by molar-refractivity contribution is 6.07. The minimum atomic E-state index is -1.98. The molecule has 2 atom stereocenters. The molecule has 1 amide bonds. The van der Waals surface area contributed by atoms with Gasteiger partial charge in [-0.25, -0.2) is 0 Å². The highest BCUT2D eigenvalue weighted by atomic mass is 16.7. The minimum Gasteiger partial charge on any atom is -0.497 e. The fourth-order valence-corrected chi connectivity index (χ4v) is 5.85. The topological polar surface area (TPSA) is 79.2 Å². The lowest BCUT2D eigenvalue weighted by molar-refractivity contribution is -0.222. The number of hydrogen-bond acceptors (Lipinski definition) is 6. The van der Waals surface area contributed by atoms with Crippen LogP contribution in [-0.2, 0) is 32.0 Å². The number of amides is 1. The molecule has 1 aromatic heterocycles. The van der Waals surface area contributed by atoms with Crippen LogP contribution in [0.4, 0.5) is 0 Å². The number of para-hydroxylation sites is 1. The van der Waals surface area contributed by atoms with Gasteiger partial charge in [0.1, 0.15) is 11.5 Å². The molecule has 0 aliphatic carbocycles. The number of nitrogens with zero attached hydrogens (tertiary/aromatic N) is 2. The van der Waals surface area contributed by atoms with Crippen LogP contribution < -0.4 is 9.47 Å². The van der Waals surface area contributed by atoms with Crippen LogP contribution in [0.2, 0.25) is 0 Å². The Morgan fingerprint density at radius 2 is 1.60 bits per heavy atom. The van der Waals surface area contributed by atoms with Crippen LogP contribution in [0.15, 0.2) is 79.0 Å². The predicted molar refractivity (Wildman–Crippen MR) is 161 cm³/mol. The van der Waals surface area contributed by atoms with Crippen LogP contribution in [0.3, 0.4) is 0 Å². The predicted octanol–water partition coefficient (Wildman–Crippen LogP) is 5.21. The van der Waals surface area contributed by atoms with Crippen molar-refractivity contribution in [2.45, 2.75) is 38.0 Å². The Labute approximate surface area is 246 Å². The number of rotatable bonds is 12. The fraction of sp³-hybridized carbons (Fsp3) is 0.353. The number of hydrogen-bond donors (Lipinski definition) is 0. The second-order valence-electron chi connectivity index (χ2n) is 10.6. The zero-order valence-electron chi connectivity index (χ0n) is 24.7. The molecule has 0 radical (unpaired) electrons. The molecule has 8 heteroatoms. The summed E-state index contributed by atoms with van der Waals surface area (Å²) in [7, 11) is 4.64. The molecular weight excluding hydrogens is 532 g/mol. The van der Waals surface area contributed by atoms with E-state index in [1.54, 1.807) is 19.1 Å². The van der Waals surface area contributed by atoms with E-state index in [1.807, 2.05) is 54.6 Å². The Hall–Kier alpha value is -4.14. The lowest BCUT2D eigenvalue weighted by Crippen LogP contribution is -2.56. The van der Waals surface area contributed by atoms with Gasteiger partial charge in [-0.2, -0.15) is 0 Å². The van der Waals surface area contributed by atoms with Crippen molar-refractivity contribution in [3.8, 4) is 11.5 Å². The third kappa shape index (κ3) is 5.91. The van der Waals surface area contributed by atoms with E-state index in [2.05, 4.69) is 29.0 Å². The van der Waals surface area contributed by atoms with Gasteiger partial charge in [-0.05, 0) is 59.9 Å². The van der Waals surface area contributed by atoms with Crippen molar-refractivity contribution in [3.05, 3.63) is 95.7 Å². The SMILES string of the molecule is COc1cccc(CCOC(OC)(C(C)=O)C(=O)N2CCC(c3cn(Cc4cccc(OC)c4)c4ccccc34)C2)c1. The highest BCUT2D eigenvalue weighted by Crippen LogP contribution is 2.36. The first-order valence-corrected chi connectivity index (χ1v) is 14.2. The van der Waals surface area contributed by atoms with E-state index in [0.29, 0.717) is 26.1 Å². The largest absolute Gasteiger partial charge is 0.497 e. The summed E-state index contributed by atoms with van der Waals surface area (Å²) in [4.78, 5) is 28.4. The molecule has 2 heterocycles. The van der Waals surface area contributed by atoms with Gasteiger partial charge in [-0.3, -0.25) is 9.59 Å². The number of carbonyl (C=O) groups is 2. The van der Waals surface area contributed by atoms with Crippen LogP contribution >= 0.6 is 0 Å².